The SMILES string of the molecule is O=C1NCCN[C@H]1Cc1ccc(Br)cc1. The van der Waals surface area contributed by atoms with Gasteiger partial charge >= 0.3 is 0 Å². The molecule has 1 heterocycles. The monoisotopic (exact) mass is 268 g/mol. The number of hydrogen-bond donors (Lipinski definition) is 2. The number of benzene rings is 1. The van der Waals surface area contributed by atoms with Crippen molar-refractivity contribution in [3.63, 3.8) is 0 Å². The fraction of sp³-hybridized carbons (Fsp3) is 0.364. The Morgan fingerprint density at radius 2 is 2.00 bits per heavy atom. The van der Waals surface area contributed by atoms with E-state index in [0.29, 0.717) is 0 Å². The zero-order valence-electron chi connectivity index (χ0n) is 8.29. The summed E-state index contributed by atoms with van der Waals surface area (Å²) in [7, 11) is 0. The molecule has 2 rings (SSSR count). The van der Waals surface area contributed by atoms with Crippen LogP contribution < -0.4 is 10.6 Å². The molecule has 1 atom stereocenters. The van der Waals surface area contributed by atoms with Crippen molar-refractivity contribution in [3.05, 3.63) is 34.3 Å². The predicted octanol–water partition coefficient (Wildman–Crippen LogP) is 1.08. The lowest BCUT2D eigenvalue weighted by atomic mass is 10.0. The molecule has 0 aromatic heterocycles. The van der Waals surface area contributed by atoms with Crippen LogP contribution in [0.3, 0.4) is 0 Å². The van der Waals surface area contributed by atoms with Gasteiger partial charge in [-0.2, -0.15) is 0 Å². The van der Waals surface area contributed by atoms with Crippen LogP contribution in [0.2, 0.25) is 0 Å². The fourth-order valence-corrected chi connectivity index (χ4v) is 1.93. The molecule has 0 radical (unpaired) electrons. The highest BCUT2D eigenvalue weighted by molar-refractivity contribution is 9.10. The van der Waals surface area contributed by atoms with Crippen molar-refractivity contribution in [3.8, 4) is 0 Å². The number of piperazine rings is 1. The molecule has 1 amide bonds. The molecule has 1 aromatic rings. The average molecular weight is 269 g/mol. The van der Waals surface area contributed by atoms with Crippen molar-refractivity contribution in [2.75, 3.05) is 13.1 Å². The fourth-order valence-electron chi connectivity index (χ4n) is 1.67. The molecule has 1 saturated heterocycles. The average Bonchev–Trinajstić information content (AvgIpc) is 2.25. The van der Waals surface area contributed by atoms with Crippen LogP contribution in [0.15, 0.2) is 28.7 Å². The van der Waals surface area contributed by atoms with Gasteiger partial charge in [0.05, 0.1) is 6.04 Å². The summed E-state index contributed by atoms with van der Waals surface area (Å²) in [4.78, 5) is 11.5. The number of nitrogens with one attached hydrogen (secondary N) is 2. The lowest BCUT2D eigenvalue weighted by Gasteiger charge is -2.23. The Kier molecular flexibility index (Phi) is 3.38. The van der Waals surface area contributed by atoms with Gasteiger partial charge in [0.2, 0.25) is 5.91 Å². The van der Waals surface area contributed by atoms with E-state index in [9.17, 15) is 4.79 Å². The second-order valence-electron chi connectivity index (χ2n) is 3.63. The first-order valence-electron chi connectivity index (χ1n) is 5.01. The molecule has 1 aromatic carbocycles. The second kappa shape index (κ2) is 4.77. The minimum Gasteiger partial charge on any atom is -0.353 e. The summed E-state index contributed by atoms with van der Waals surface area (Å²) in [6.07, 6.45) is 0.749. The van der Waals surface area contributed by atoms with E-state index in [1.165, 1.54) is 5.56 Å². The summed E-state index contributed by atoms with van der Waals surface area (Å²) in [5, 5.41) is 6.06. The Morgan fingerprint density at radius 3 is 2.67 bits per heavy atom. The van der Waals surface area contributed by atoms with E-state index < -0.39 is 0 Å². The molecule has 80 valence electrons. The van der Waals surface area contributed by atoms with Gasteiger partial charge in [0.25, 0.3) is 0 Å². The van der Waals surface area contributed by atoms with E-state index in [-0.39, 0.29) is 11.9 Å². The minimum atomic E-state index is -0.0834. The lowest BCUT2D eigenvalue weighted by Crippen LogP contribution is -2.53. The van der Waals surface area contributed by atoms with Crippen molar-refractivity contribution in [1.29, 1.82) is 0 Å². The number of halogens is 1. The molecule has 0 unspecified atom stereocenters. The molecule has 15 heavy (non-hydrogen) atoms. The van der Waals surface area contributed by atoms with Crippen LogP contribution in [0.25, 0.3) is 0 Å². The molecule has 2 N–H and O–H groups in total. The standard InChI is InChI=1S/C11H13BrN2O/c12-9-3-1-8(2-4-9)7-10-11(15)14-6-5-13-10/h1-4,10,13H,5-7H2,(H,14,15)/t10-/m0/s1. The van der Waals surface area contributed by atoms with Gasteiger partial charge in [0.15, 0.2) is 0 Å². The summed E-state index contributed by atoms with van der Waals surface area (Å²) >= 11 is 3.39. The van der Waals surface area contributed by atoms with Crippen LogP contribution in [-0.2, 0) is 11.2 Å². The van der Waals surface area contributed by atoms with Crippen molar-refractivity contribution in [2.24, 2.45) is 0 Å². The highest BCUT2D eigenvalue weighted by atomic mass is 79.9. The van der Waals surface area contributed by atoms with Crippen LogP contribution in [-0.4, -0.2) is 25.0 Å². The van der Waals surface area contributed by atoms with Gasteiger partial charge in [-0.05, 0) is 24.1 Å². The number of hydrogen-bond acceptors (Lipinski definition) is 2. The molecule has 0 aliphatic carbocycles. The van der Waals surface area contributed by atoms with Crippen LogP contribution in [0.5, 0.6) is 0 Å². The van der Waals surface area contributed by atoms with Crippen LogP contribution >= 0.6 is 15.9 Å². The highest BCUT2D eigenvalue weighted by Crippen LogP contribution is 2.12. The van der Waals surface area contributed by atoms with Gasteiger partial charge in [-0.15, -0.1) is 0 Å². The Bertz CT molecular complexity index is 350. The Morgan fingerprint density at radius 1 is 1.27 bits per heavy atom. The third kappa shape index (κ3) is 2.79. The highest BCUT2D eigenvalue weighted by Gasteiger charge is 2.21. The summed E-state index contributed by atoms with van der Waals surface area (Å²) in [5.74, 6) is 0.101. The van der Waals surface area contributed by atoms with E-state index in [0.717, 1.165) is 24.0 Å². The second-order valence-corrected chi connectivity index (χ2v) is 4.54. The maximum absolute atomic E-state index is 11.5. The van der Waals surface area contributed by atoms with Crippen molar-refractivity contribution < 1.29 is 4.79 Å². The third-order valence-corrected chi connectivity index (χ3v) is 3.01. The van der Waals surface area contributed by atoms with Crippen LogP contribution in [0.4, 0.5) is 0 Å². The molecule has 3 nitrogen and oxygen atoms in total. The normalized spacial score (nSPS) is 21.1. The molecule has 1 fully saturated rings. The maximum atomic E-state index is 11.5. The zero-order valence-corrected chi connectivity index (χ0v) is 9.88. The summed E-state index contributed by atoms with van der Waals surface area (Å²) in [6.45, 7) is 1.59. The van der Waals surface area contributed by atoms with Crippen molar-refractivity contribution in [1.82, 2.24) is 10.6 Å². The van der Waals surface area contributed by atoms with Gasteiger partial charge in [0.1, 0.15) is 0 Å². The van der Waals surface area contributed by atoms with Gasteiger partial charge in [-0.3, -0.25) is 4.79 Å². The smallest absolute Gasteiger partial charge is 0.237 e. The zero-order chi connectivity index (χ0) is 10.7. The molecule has 0 saturated carbocycles. The van der Waals surface area contributed by atoms with E-state index in [4.69, 9.17) is 0 Å². The lowest BCUT2D eigenvalue weighted by molar-refractivity contribution is -0.124. The molecular weight excluding hydrogens is 256 g/mol. The topological polar surface area (TPSA) is 41.1 Å². The Balaban J connectivity index is 2.01. The minimum absolute atomic E-state index is 0.0834. The number of carbonyl (C=O) groups excluding carboxylic acids is 1. The van der Waals surface area contributed by atoms with Crippen LogP contribution in [0.1, 0.15) is 5.56 Å². The van der Waals surface area contributed by atoms with Gasteiger partial charge < -0.3 is 10.6 Å². The molecule has 1 aliphatic heterocycles. The van der Waals surface area contributed by atoms with Gasteiger partial charge in [-0.25, -0.2) is 0 Å². The summed E-state index contributed by atoms with van der Waals surface area (Å²) in [6, 6.07) is 7.98. The van der Waals surface area contributed by atoms with Gasteiger partial charge in [0, 0.05) is 17.6 Å². The Labute approximate surface area is 97.4 Å². The number of amides is 1. The maximum Gasteiger partial charge on any atom is 0.237 e. The summed E-state index contributed by atoms with van der Waals surface area (Å²) < 4.78 is 1.06. The summed E-state index contributed by atoms with van der Waals surface area (Å²) in [5.41, 5.74) is 1.17. The van der Waals surface area contributed by atoms with Gasteiger partial charge in [-0.1, -0.05) is 28.1 Å². The molecule has 4 heteroatoms. The Hall–Kier alpha value is -0.870. The first-order chi connectivity index (χ1) is 7.25. The first-order valence-corrected chi connectivity index (χ1v) is 5.80. The van der Waals surface area contributed by atoms with Crippen molar-refractivity contribution >= 4 is 21.8 Å². The quantitative estimate of drug-likeness (QED) is 0.843. The number of carbonyl (C=O) groups is 1. The third-order valence-electron chi connectivity index (χ3n) is 2.48. The van der Waals surface area contributed by atoms with E-state index in [1.54, 1.807) is 0 Å². The van der Waals surface area contributed by atoms with Crippen molar-refractivity contribution in [2.45, 2.75) is 12.5 Å². The molecule has 0 bridgehead atoms. The predicted molar refractivity (Wildman–Crippen MR) is 62.6 cm³/mol. The van der Waals surface area contributed by atoms with E-state index >= 15 is 0 Å². The first kappa shape index (κ1) is 10.6. The molecular formula is C11H13BrN2O. The largest absolute Gasteiger partial charge is 0.353 e. The van der Waals surface area contributed by atoms with E-state index in [1.807, 2.05) is 24.3 Å². The van der Waals surface area contributed by atoms with Crippen LogP contribution in [0, 0.1) is 0 Å². The number of rotatable bonds is 2. The van der Waals surface area contributed by atoms with E-state index in [2.05, 4.69) is 26.6 Å². The molecule has 0 spiro atoms. The molecule has 1 aliphatic rings.